The number of nitrogens with one attached hydrogen (secondary N) is 1. The van der Waals surface area contributed by atoms with Crippen molar-refractivity contribution >= 4 is 11.8 Å². The van der Waals surface area contributed by atoms with Crippen LogP contribution in [0.3, 0.4) is 0 Å². The van der Waals surface area contributed by atoms with Crippen molar-refractivity contribution in [1.29, 1.82) is 0 Å². The molecule has 5 nitrogen and oxygen atoms in total. The predicted octanol–water partition coefficient (Wildman–Crippen LogP) is 0.111. The van der Waals surface area contributed by atoms with E-state index in [9.17, 15) is 0 Å². The Labute approximate surface area is 94.2 Å². The smallest absolute Gasteiger partial charge is 0.0964 e. The molecule has 86 valence electrons. The monoisotopic (exact) mass is 230 g/mol. The molecule has 0 aliphatic carbocycles. The van der Waals surface area contributed by atoms with Crippen molar-refractivity contribution in [2.24, 2.45) is 0 Å². The molecule has 0 aromatic carbocycles. The van der Waals surface area contributed by atoms with Crippen LogP contribution in [0.2, 0.25) is 0 Å². The number of hydrogen-bond donors (Lipinski definition) is 2. The van der Waals surface area contributed by atoms with Gasteiger partial charge in [-0.25, -0.2) is 4.68 Å². The molecular formula is C9H18N4OS. The van der Waals surface area contributed by atoms with Gasteiger partial charge in [-0.1, -0.05) is 5.21 Å². The molecule has 1 atom stereocenters. The van der Waals surface area contributed by atoms with Gasteiger partial charge in [-0.05, 0) is 13.2 Å². The van der Waals surface area contributed by atoms with Crippen LogP contribution >= 0.6 is 11.8 Å². The van der Waals surface area contributed by atoms with Crippen molar-refractivity contribution in [2.45, 2.75) is 26.1 Å². The first-order chi connectivity index (χ1) is 7.26. The number of hydrogen-bond acceptors (Lipinski definition) is 5. The summed E-state index contributed by atoms with van der Waals surface area (Å²) in [4.78, 5) is 0. The standard InChI is InChI=1S/C9H18N4OS/c1-8(7-15-2)10-5-9-6-13(3-4-14)12-11-9/h6,8,10,14H,3-5,7H2,1-2H3. The molecule has 0 aliphatic rings. The molecule has 0 aliphatic heterocycles. The molecule has 0 saturated carbocycles. The molecule has 15 heavy (non-hydrogen) atoms. The predicted molar refractivity (Wildman–Crippen MR) is 61.8 cm³/mol. The molecule has 1 aromatic rings. The summed E-state index contributed by atoms with van der Waals surface area (Å²) in [5.74, 6) is 1.09. The van der Waals surface area contributed by atoms with Crippen LogP contribution in [0.4, 0.5) is 0 Å². The molecule has 0 radical (unpaired) electrons. The Balaban J connectivity index is 2.30. The molecule has 1 heterocycles. The second kappa shape index (κ2) is 6.81. The summed E-state index contributed by atoms with van der Waals surface area (Å²) in [6.07, 6.45) is 3.95. The minimum absolute atomic E-state index is 0.0963. The summed E-state index contributed by atoms with van der Waals surface area (Å²) in [5.41, 5.74) is 0.913. The van der Waals surface area contributed by atoms with Crippen LogP contribution in [0, 0.1) is 0 Å². The zero-order chi connectivity index (χ0) is 11.1. The van der Waals surface area contributed by atoms with E-state index in [1.165, 1.54) is 0 Å². The van der Waals surface area contributed by atoms with Gasteiger partial charge in [0.25, 0.3) is 0 Å². The fraction of sp³-hybridized carbons (Fsp3) is 0.778. The lowest BCUT2D eigenvalue weighted by Crippen LogP contribution is -2.27. The minimum Gasteiger partial charge on any atom is -0.394 e. The average molecular weight is 230 g/mol. The molecule has 0 amide bonds. The summed E-state index contributed by atoms with van der Waals surface area (Å²) in [5, 5.41) is 20.0. The van der Waals surface area contributed by atoms with Crippen LogP contribution in [0.15, 0.2) is 6.20 Å². The maximum Gasteiger partial charge on any atom is 0.0964 e. The van der Waals surface area contributed by atoms with Crippen molar-refractivity contribution in [3.8, 4) is 0 Å². The van der Waals surface area contributed by atoms with Crippen molar-refractivity contribution in [3.05, 3.63) is 11.9 Å². The topological polar surface area (TPSA) is 63.0 Å². The molecule has 6 heteroatoms. The van der Waals surface area contributed by atoms with E-state index in [-0.39, 0.29) is 6.61 Å². The van der Waals surface area contributed by atoms with Crippen LogP contribution in [-0.2, 0) is 13.1 Å². The van der Waals surface area contributed by atoms with Gasteiger partial charge in [-0.15, -0.1) is 5.10 Å². The highest BCUT2D eigenvalue weighted by Gasteiger charge is 2.03. The summed E-state index contributed by atoms with van der Waals surface area (Å²) in [7, 11) is 0. The first-order valence-corrected chi connectivity index (χ1v) is 6.38. The quantitative estimate of drug-likeness (QED) is 0.696. The summed E-state index contributed by atoms with van der Waals surface area (Å²) in [6.45, 7) is 3.48. The van der Waals surface area contributed by atoms with Crippen molar-refractivity contribution in [3.63, 3.8) is 0 Å². The van der Waals surface area contributed by atoms with E-state index in [0.717, 1.165) is 18.0 Å². The lowest BCUT2D eigenvalue weighted by molar-refractivity contribution is 0.268. The van der Waals surface area contributed by atoms with Gasteiger partial charge in [0.2, 0.25) is 0 Å². The summed E-state index contributed by atoms with van der Waals surface area (Å²) in [6, 6.07) is 0.475. The Kier molecular flexibility index (Phi) is 5.67. The molecular weight excluding hydrogens is 212 g/mol. The number of thioether (sulfide) groups is 1. The van der Waals surface area contributed by atoms with Gasteiger partial charge >= 0.3 is 0 Å². The van der Waals surface area contributed by atoms with Gasteiger partial charge in [-0.3, -0.25) is 0 Å². The van der Waals surface area contributed by atoms with Gasteiger partial charge in [0.05, 0.1) is 18.8 Å². The van der Waals surface area contributed by atoms with E-state index in [0.29, 0.717) is 12.6 Å². The zero-order valence-corrected chi connectivity index (χ0v) is 10.00. The van der Waals surface area contributed by atoms with E-state index in [2.05, 4.69) is 28.8 Å². The number of aliphatic hydroxyl groups excluding tert-OH is 1. The highest BCUT2D eigenvalue weighted by molar-refractivity contribution is 7.98. The van der Waals surface area contributed by atoms with E-state index < -0.39 is 0 Å². The Hall–Kier alpha value is -0.590. The second-order valence-electron chi connectivity index (χ2n) is 3.43. The normalized spacial score (nSPS) is 13.0. The highest BCUT2D eigenvalue weighted by Crippen LogP contribution is 1.98. The van der Waals surface area contributed by atoms with Gasteiger partial charge in [-0.2, -0.15) is 11.8 Å². The summed E-state index contributed by atoms with van der Waals surface area (Å²) < 4.78 is 1.65. The van der Waals surface area contributed by atoms with Crippen molar-refractivity contribution in [2.75, 3.05) is 18.6 Å². The first kappa shape index (κ1) is 12.5. The minimum atomic E-state index is 0.0963. The van der Waals surface area contributed by atoms with Crippen LogP contribution in [-0.4, -0.2) is 44.8 Å². The van der Waals surface area contributed by atoms with E-state index in [1.807, 2.05) is 18.0 Å². The molecule has 0 saturated heterocycles. The maximum atomic E-state index is 8.71. The van der Waals surface area contributed by atoms with Crippen molar-refractivity contribution in [1.82, 2.24) is 20.3 Å². The van der Waals surface area contributed by atoms with E-state index >= 15 is 0 Å². The second-order valence-corrected chi connectivity index (χ2v) is 4.34. The molecule has 0 fully saturated rings. The van der Waals surface area contributed by atoms with Crippen molar-refractivity contribution < 1.29 is 5.11 Å². The fourth-order valence-electron chi connectivity index (χ4n) is 1.22. The fourth-order valence-corrected chi connectivity index (χ4v) is 1.84. The Morgan fingerprint density at radius 3 is 3.13 bits per heavy atom. The number of nitrogens with zero attached hydrogens (tertiary/aromatic N) is 3. The lowest BCUT2D eigenvalue weighted by atomic mass is 10.3. The third-order valence-corrected chi connectivity index (χ3v) is 2.80. The molecule has 0 bridgehead atoms. The number of aromatic nitrogens is 3. The Bertz CT molecular complexity index is 279. The Morgan fingerprint density at radius 1 is 1.67 bits per heavy atom. The van der Waals surface area contributed by atoms with Crippen LogP contribution < -0.4 is 5.32 Å². The summed E-state index contributed by atoms with van der Waals surface area (Å²) >= 11 is 1.82. The Morgan fingerprint density at radius 2 is 2.47 bits per heavy atom. The molecule has 1 rings (SSSR count). The molecule has 0 spiro atoms. The van der Waals surface area contributed by atoms with E-state index in [4.69, 9.17) is 5.11 Å². The van der Waals surface area contributed by atoms with Gasteiger partial charge in [0, 0.05) is 24.5 Å². The van der Waals surface area contributed by atoms with Crippen LogP contribution in [0.25, 0.3) is 0 Å². The van der Waals surface area contributed by atoms with Crippen LogP contribution in [0.1, 0.15) is 12.6 Å². The number of rotatable bonds is 7. The highest BCUT2D eigenvalue weighted by atomic mass is 32.2. The van der Waals surface area contributed by atoms with Gasteiger partial charge < -0.3 is 10.4 Å². The average Bonchev–Trinajstić information content (AvgIpc) is 2.64. The van der Waals surface area contributed by atoms with E-state index in [1.54, 1.807) is 4.68 Å². The van der Waals surface area contributed by atoms with Crippen LogP contribution in [0.5, 0.6) is 0 Å². The first-order valence-electron chi connectivity index (χ1n) is 4.98. The SMILES string of the molecule is CSCC(C)NCc1cn(CCO)nn1. The third-order valence-electron chi connectivity index (χ3n) is 1.96. The van der Waals surface area contributed by atoms with Gasteiger partial charge in [0.1, 0.15) is 0 Å². The third kappa shape index (κ3) is 4.63. The maximum absolute atomic E-state index is 8.71. The lowest BCUT2D eigenvalue weighted by Gasteiger charge is -2.10. The zero-order valence-electron chi connectivity index (χ0n) is 9.18. The largest absolute Gasteiger partial charge is 0.394 e. The molecule has 1 unspecified atom stereocenters. The molecule has 1 aromatic heterocycles. The molecule has 2 N–H and O–H groups in total. The van der Waals surface area contributed by atoms with Gasteiger partial charge in [0.15, 0.2) is 0 Å². The number of aliphatic hydroxyl groups is 1.